The van der Waals surface area contributed by atoms with Gasteiger partial charge >= 0.3 is 0 Å². The number of anilines is 2. The average molecular weight is 317 g/mol. The SMILES string of the molecule is CCNc1nc(NCC(=O)N2CCCC2)c(Cl)cc1Cl. The van der Waals surface area contributed by atoms with Crippen LogP contribution in [-0.4, -0.2) is 42.0 Å². The number of rotatable bonds is 5. The number of hydrogen-bond donors (Lipinski definition) is 2. The van der Waals surface area contributed by atoms with Gasteiger partial charge in [-0.25, -0.2) is 4.98 Å². The van der Waals surface area contributed by atoms with Crippen molar-refractivity contribution in [3.05, 3.63) is 16.1 Å². The van der Waals surface area contributed by atoms with Gasteiger partial charge in [0.1, 0.15) is 11.6 Å². The zero-order valence-corrected chi connectivity index (χ0v) is 12.9. The minimum absolute atomic E-state index is 0.0697. The standard InChI is InChI=1S/C13H18Cl2N4O/c1-2-16-12-9(14)7-10(15)13(18-12)17-8-11(20)19-5-3-4-6-19/h7H,2-6,8H2,1H3,(H2,16,17,18). The quantitative estimate of drug-likeness (QED) is 0.877. The van der Waals surface area contributed by atoms with Crippen LogP contribution >= 0.6 is 23.2 Å². The van der Waals surface area contributed by atoms with Crippen LogP contribution in [0.5, 0.6) is 0 Å². The van der Waals surface area contributed by atoms with Gasteiger partial charge in [0.05, 0.1) is 16.6 Å². The van der Waals surface area contributed by atoms with Crippen molar-refractivity contribution in [2.24, 2.45) is 0 Å². The maximum atomic E-state index is 12.0. The van der Waals surface area contributed by atoms with Gasteiger partial charge in [0.25, 0.3) is 0 Å². The van der Waals surface area contributed by atoms with Crippen molar-refractivity contribution in [1.82, 2.24) is 9.88 Å². The molecule has 0 saturated carbocycles. The van der Waals surface area contributed by atoms with Crippen LogP contribution in [0.1, 0.15) is 19.8 Å². The van der Waals surface area contributed by atoms with Crippen LogP contribution in [-0.2, 0) is 4.79 Å². The highest BCUT2D eigenvalue weighted by atomic mass is 35.5. The van der Waals surface area contributed by atoms with Crippen LogP contribution in [0.4, 0.5) is 11.6 Å². The molecule has 1 aromatic rings. The number of carbonyl (C=O) groups is 1. The minimum Gasteiger partial charge on any atom is -0.369 e. The highest BCUT2D eigenvalue weighted by Gasteiger charge is 2.18. The molecule has 1 aliphatic heterocycles. The molecule has 0 aliphatic carbocycles. The lowest BCUT2D eigenvalue weighted by atomic mass is 10.4. The van der Waals surface area contributed by atoms with Gasteiger partial charge in [0.2, 0.25) is 5.91 Å². The van der Waals surface area contributed by atoms with E-state index in [1.165, 1.54) is 0 Å². The van der Waals surface area contributed by atoms with Crippen LogP contribution in [0.3, 0.4) is 0 Å². The van der Waals surface area contributed by atoms with Gasteiger partial charge in [0.15, 0.2) is 0 Å². The molecule has 110 valence electrons. The average Bonchev–Trinajstić information content (AvgIpc) is 2.94. The highest BCUT2D eigenvalue weighted by molar-refractivity contribution is 6.37. The van der Waals surface area contributed by atoms with Gasteiger partial charge in [-0.2, -0.15) is 0 Å². The Bertz CT molecular complexity index is 490. The molecule has 1 fully saturated rings. The monoisotopic (exact) mass is 316 g/mol. The van der Waals surface area contributed by atoms with Crippen molar-refractivity contribution in [3.63, 3.8) is 0 Å². The molecule has 0 aromatic carbocycles. The molecule has 20 heavy (non-hydrogen) atoms. The zero-order valence-electron chi connectivity index (χ0n) is 11.4. The van der Waals surface area contributed by atoms with E-state index in [1.54, 1.807) is 6.07 Å². The Morgan fingerprint density at radius 3 is 2.45 bits per heavy atom. The molecule has 2 N–H and O–H groups in total. The van der Waals surface area contributed by atoms with E-state index < -0.39 is 0 Å². The molecule has 1 saturated heterocycles. The summed E-state index contributed by atoms with van der Waals surface area (Å²) in [6.07, 6.45) is 2.16. The molecule has 1 aromatic heterocycles. The van der Waals surface area contributed by atoms with E-state index in [2.05, 4.69) is 15.6 Å². The van der Waals surface area contributed by atoms with E-state index >= 15 is 0 Å². The smallest absolute Gasteiger partial charge is 0.241 e. The number of hydrogen-bond acceptors (Lipinski definition) is 4. The Kier molecular flexibility index (Phi) is 5.31. The normalized spacial score (nSPS) is 14.4. The Balaban J connectivity index is 2.01. The van der Waals surface area contributed by atoms with Gasteiger partial charge in [-0.3, -0.25) is 4.79 Å². The molecule has 2 rings (SSSR count). The lowest BCUT2D eigenvalue weighted by molar-refractivity contribution is -0.128. The maximum absolute atomic E-state index is 12.0. The van der Waals surface area contributed by atoms with Crippen molar-refractivity contribution >= 4 is 40.7 Å². The van der Waals surface area contributed by atoms with E-state index in [-0.39, 0.29) is 12.5 Å². The van der Waals surface area contributed by atoms with Crippen LogP contribution in [0.25, 0.3) is 0 Å². The molecule has 0 radical (unpaired) electrons. The third kappa shape index (κ3) is 3.67. The van der Waals surface area contributed by atoms with E-state index in [9.17, 15) is 4.79 Å². The molecule has 0 atom stereocenters. The second-order valence-electron chi connectivity index (χ2n) is 4.62. The fraction of sp³-hybridized carbons (Fsp3) is 0.538. The summed E-state index contributed by atoms with van der Waals surface area (Å²) >= 11 is 12.1. The largest absolute Gasteiger partial charge is 0.369 e. The van der Waals surface area contributed by atoms with Crippen molar-refractivity contribution in [1.29, 1.82) is 0 Å². The topological polar surface area (TPSA) is 57.3 Å². The Morgan fingerprint density at radius 1 is 1.25 bits per heavy atom. The van der Waals surface area contributed by atoms with Gasteiger partial charge in [-0.05, 0) is 25.8 Å². The summed E-state index contributed by atoms with van der Waals surface area (Å²) in [5, 5.41) is 6.91. The predicted molar refractivity (Wildman–Crippen MR) is 82.7 cm³/mol. The van der Waals surface area contributed by atoms with Gasteiger partial charge in [-0.1, -0.05) is 23.2 Å². The minimum atomic E-state index is 0.0697. The fourth-order valence-corrected chi connectivity index (χ4v) is 2.61. The molecule has 7 heteroatoms. The van der Waals surface area contributed by atoms with Crippen molar-refractivity contribution < 1.29 is 4.79 Å². The van der Waals surface area contributed by atoms with E-state index in [0.717, 1.165) is 25.9 Å². The number of likely N-dealkylation sites (tertiary alicyclic amines) is 1. The molecule has 0 unspecified atom stereocenters. The van der Waals surface area contributed by atoms with Crippen LogP contribution < -0.4 is 10.6 Å². The molecule has 1 aliphatic rings. The number of amides is 1. The maximum Gasteiger partial charge on any atom is 0.241 e. The second kappa shape index (κ2) is 6.99. The Morgan fingerprint density at radius 2 is 1.85 bits per heavy atom. The number of pyridine rings is 1. The number of nitrogens with zero attached hydrogens (tertiary/aromatic N) is 2. The number of aromatic nitrogens is 1. The Labute approximate surface area is 128 Å². The summed E-state index contributed by atoms with van der Waals surface area (Å²) in [5.41, 5.74) is 0. The molecule has 0 spiro atoms. The number of carbonyl (C=O) groups excluding carboxylic acids is 1. The lowest BCUT2D eigenvalue weighted by Gasteiger charge is -2.16. The van der Waals surface area contributed by atoms with Crippen molar-refractivity contribution in [2.75, 3.05) is 36.8 Å². The van der Waals surface area contributed by atoms with Crippen molar-refractivity contribution in [2.45, 2.75) is 19.8 Å². The lowest BCUT2D eigenvalue weighted by Crippen LogP contribution is -2.33. The van der Waals surface area contributed by atoms with Crippen LogP contribution in [0.2, 0.25) is 10.0 Å². The van der Waals surface area contributed by atoms with Gasteiger partial charge < -0.3 is 15.5 Å². The van der Waals surface area contributed by atoms with E-state index in [1.807, 2.05) is 11.8 Å². The summed E-state index contributed by atoms with van der Waals surface area (Å²) in [5.74, 6) is 1.11. The fourth-order valence-electron chi connectivity index (χ4n) is 2.12. The number of halogens is 2. The third-order valence-corrected chi connectivity index (χ3v) is 3.72. The van der Waals surface area contributed by atoms with Gasteiger partial charge in [0, 0.05) is 19.6 Å². The Hall–Kier alpha value is -1.20. The van der Waals surface area contributed by atoms with E-state index in [0.29, 0.717) is 28.2 Å². The first kappa shape index (κ1) is 15.2. The molecule has 2 heterocycles. The number of nitrogens with one attached hydrogen (secondary N) is 2. The summed E-state index contributed by atoms with van der Waals surface area (Å²) in [7, 11) is 0. The molecular weight excluding hydrogens is 299 g/mol. The summed E-state index contributed by atoms with van der Waals surface area (Å²) in [6.45, 7) is 4.53. The molecule has 1 amide bonds. The summed E-state index contributed by atoms with van der Waals surface area (Å²) < 4.78 is 0. The van der Waals surface area contributed by atoms with Crippen molar-refractivity contribution in [3.8, 4) is 0 Å². The second-order valence-corrected chi connectivity index (χ2v) is 5.44. The zero-order chi connectivity index (χ0) is 14.5. The highest BCUT2D eigenvalue weighted by Crippen LogP contribution is 2.29. The van der Waals surface area contributed by atoms with Gasteiger partial charge in [-0.15, -0.1) is 0 Å². The van der Waals surface area contributed by atoms with Crippen LogP contribution in [0.15, 0.2) is 6.07 Å². The summed E-state index contributed by atoms with van der Waals surface area (Å²) in [6, 6.07) is 1.62. The predicted octanol–water partition coefficient (Wildman–Crippen LogP) is 2.85. The first-order chi connectivity index (χ1) is 9.61. The molecular formula is C13H18Cl2N4O. The van der Waals surface area contributed by atoms with E-state index in [4.69, 9.17) is 23.2 Å². The molecule has 0 bridgehead atoms. The third-order valence-electron chi connectivity index (χ3n) is 3.14. The summed E-state index contributed by atoms with van der Waals surface area (Å²) in [4.78, 5) is 18.1. The molecule has 5 nitrogen and oxygen atoms in total. The first-order valence-electron chi connectivity index (χ1n) is 6.73. The first-order valence-corrected chi connectivity index (χ1v) is 7.49. The van der Waals surface area contributed by atoms with Crippen LogP contribution in [0, 0.1) is 0 Å².